The van der Waals surface area contributed by atoms with Crippen molar-refractivity contribution >= 4 is 17.5 Å². The van der Waals surface area contributed by atoms with E-state index in [0.29, 0.717) is 36.8 Å². The molecule has 4 atom stereocenters. The summed E-state index contributed by atoms with van der Waals surface area (Å²) in [6, 6.07) is 11.4. The van der Waals surface area contributed by atoms with E-state index in [1.165, 1.54) is 12.1 Å². The highest BCUT2D eigenvalue weighted by Crippen LogP contribution is 2.62. The van der Waals surface area contributed by atoms with Crippen molar-refractivity contribution in [3.8, 4) is 17.6 Å². The third-order valence-corrected chi connectivity index (χ3v) is 7.55. The van der Waals surface area contributed by atoms with Crippen molar-refractivity contribution in [3.05, 3.63) is 53.6 Å². The summed E-state index contributed by atoms with van der Waals surface area (Å²) in [4.78, 5) is 27.9. The first-order chi connectivity index (χ1) is 17.0. The predicted molar refractivity (Wildman–Crippen MR) is 120 cm³/mol. The maximum atomic E-state index is 13.6. The Balaban J connectivity index is 1.41. The Labute approximate surface area is 205 Å². The van der Waals surface area contributed by atoms with E-state index in [-0.39, 0.29) is 12.3 Å². The molecular weight excluding hydrogens is 477 g/mol. The zero-order valence-electron chi connectivity index (χ0n) is 19.6. The molecule has 3 saturated heterocycles. The second-order valence-corrected chi connectivity index (χ2v) is 9.56. The van der Waals surface area contributed by atoms with Gasteiger partial charge in [-0.2, -0.15) is 18.4 Å². The second kappa shape index (κ2) is 8.23. The van der Waals surface area contributed by atoms with Gasteiger partial charge in [-0.15, -0.1) is 0 Å². The van der Waals surface area contributed by atoms with E-state index in [0.717, 1.165) is 11.0 Å². The molecule has 0 aromatic heterocycles. The number of rotatable bonds is 6. The van der Waals surface area contributed by atoms with Crippen LogP contribution in [0.2, 0.25) is 0 Å². The molecule has 5 rings (SSSR count). The number of hydrogen-bond acceptors (Lipinski definition) is 6. The lowest BCUT2D eigenvalue weighted by Gasteiger charge is -2.31. The number of carbonyl (C=O) groups excluding carboxylic acids is 2. The number of hydrogen-bond donors (Lipinski definition) is 0. The number of anilines is 1. The lowest BCUT2D eigenvalue weighted by molar-refractivity contribution is -0.138. The van der Waals surface area contributed by atoms with E-state index in [1.807, 2.05) is 0 Å². The number of halogens is 3. The van der Waals surface area contributed by atoms with Crippen LogP contribution in [-0.2, 0) is 20.5 Å². The second-order valence-electron chi connectivity index (χ2n) is 9.56. The first-order valence-corrected chi connectivity index (χ1v) is 11.5. The molecule has 7 nitrogen and oxygen atoms in total. The largest absolute Gasteiger partial charge is 0.497 e. The fraction of sp³-hybridized carbons (Fsp3) is 0.423. The van der Waals surface area contributed by atoms with Crippen LogP contribution >= 0.6 is 0 Å². The maximum Gasteiger partial charge on any atom is 0.417 e. The zero-order valence-corrected chi connectivity index (χ0v) is 19.6. The average Bonchev–Trinajstić information content (AvgIpc) is 3.43. The number of alkyl halides is 3. The molecule has 2 bridgehead atoms. The number of benzene rings is 2. The van der Waals surface area contributed by atoms with E-state index in [9.17, 15) is 22.8 Å². The van der Waals surface area contributed by atoms with Gasteiger partial charge in [-0.1, -0.05) is 0 Å². The van der Waals surface area contributed by atoms with Gasteiger partial charge in [0.2, 0.25) is 11.8 Å². The van der Waals surface area contributed by atoms with Crippen LogP contribution in [0.4, 0.5) is 18.9 Å². The molecule has 0 aliphatic carbocycles. The minimum atomic E-state index is -4.81. The summed E-state index contributed by atoms with van der Waals surface area (Å²) in [5, 5.41) is 9.08. The summed E-state index contributed by atoms with van der Waals surface area (Å²) < 4.78 is 57.9. The molecule has 2 aromatic carbocycles. The highest BCUT2D eigenvalue weighted by atomic mass is 19.4. The van der Waals surface area contributed by atoms with E-state index >= 15 is 0 Å². The van der Waals surface area contributed by atoms with E-state index in [1.54, 1.807) is 38.3 Å². The van der Waals surface area contributed by atoms with Crippen LogP contribution in [0.5, 0.6) is 11.5 Å². The molecule has 3 fully saturated rings. The monoisotopic (exact) mass is 500 g/mol. The van der Waals surface area contributed by atoms with Gasteiger partial charge in [0.25, 0.3) is 0 Å². The molecule has 0 unspecified atom stereocenters. The number of methoxy groups -OCH3 is 1. The van der Waals surface area contributed by atoms with Gasteiger partial charge in [-0.3, -0.25) is 9.59 Å². The van der Waals surface area contributed by atoms with Crippen LogP contribution in [0.25, 0.3) is 0 Å². The van der Waals surface area contributed by atoms with Crippen molar-refractivity contribution in [2.45, 2.75) is 43.6 Å². The zero-order chi connectivity index (χ0) is 25.9. The first kappa shape index (κ1) is 24.1. The molecule has 3 aliphatic heterocycles. The van der Waals surface area contributed by atoms with Crippen LogP contribution < -0.4 is 14.4 Å². The number of carbonyl (C=O) groups is 2. The lowest BCUT2D eigenvalue weighted by Crippen LogP contribution is -2.43. The van der Waals surface area contributed by atoms with Crippen molar-refractivity contribution < 1.29 is 37.0 Å². The Morgan fingerprint density at radius 1 is 1.08 bits per heavy atom. The number of nitrogens with zero attached hydrogens (tertiary/aromatic N) is 2. The molecule has 2 amide bonds. The van der Waals surface area contributed by atoms with E-state index < -0.39 is 52.2 Å². The van der Waals surface area contributed by atoms with Gasteiger partial charge in [-0.05, 0) is 62.2 Å². The van der Waals surface area contributed by atoms with E-state index in [2.05, 4.69) is 0 Å². The number of amides is 2. The van der Waals surface area contributed by atoms with Crippen molar-refractivity contribution in [2.75, 3.05) is 18.6 Å². The van der Waals surface area contributed by atoms with Crippen molar-refractivity contribution in [2.24, 2.45) is 11.8 Å². The molecule has 10 heteroatoms. The highest BCUT2D eigenvalue weighted by molar-refractivity contribution is 6.23. The molecule has 0 N–H and O–H groups in total. The summed E-state index contributed by atoms with van der Waals surface area (Å²) in [7, 11) is 1.56. The van der Waals surface area contributed by atoms with Crippen molar-refractivity contribution in [1.82, 2.24) is 0 Å². The van der Waals surface area contributed by atoms with Crippen LogP contribution in [-0.4, -0.2) is 36.7 Å². The van der Waals surface area contributed by atoms with Gasteiger partial charge in [0.15, 0.2) is 0 Å². The SMILES string of the molecule is COc1ccc(OCC[C@]23CC[C@](C)(O2)[C@@H]2C(=O)N(c4ccc(C#N)c(C(F)(F)F)c4)C(=O)[C@@H]23)cc1. The molecule has 0 saturated carbocycles. The minimum Gasteiger partial charge on any atom is -0.497 e. The standard InChI is InChI=1S/C26H23F3N2O5/c1-24-9-10-25(36-24,11-12-35-18-7-5-17(34-2)6-8-18)21-20(24)22(32)31(23(21)33)16-4-3-15(14-30)19(13-16)26(27,28)29/h3-8,13,20-21H,9-12H2,1-2H3/t20-,21+,24-,25-/m0/s1. The fourth-order valence-corrected chi connectivity index (χ4v) is 5.88. The third-order valence-electron chi connectivity index (χ3n) is 7.55. The summed E-state index contributed by atoms with van der Waals surface area (Å²) in [6.45, 7) is 2.00. The number of fused-ring (bicyclic) bond motifs is 5. The predicted octanol–water partition coefficient (Wildman–Crippen LogP) is 4.48. The van der Waals surface area contributed by atoms with Gasteiger partial charge in [0.1, 0.15) is 11.5 Å². The van der Waals surface area contributed by atoms with Gasteiger partial charge in [0.05, 0.1) is 59.6 Å². The first-order valence-electron chi connectivity index (χ1n) is 11.5. The molecule has 0 radical (unpaired) electrons. The van der Waals surface area contributed by atoms with Crippen molar-refractivity contribution in [1.29, 1.82) is 5.26 Å². The van der Waals surface area contributed by atoms with Gasteiger partial charge >= 0.3 is 6.18 Å². The van der Waals surface area contributed by atoms with E-state index in [4.69, 9.17) is 19.5 Å². The Hall–Kier alpha value is -3.58. The van der Waals surface area contributed by atoms with Gasteiger partial charge in [-0.25, -0.2) is 4.90 Å². The molecule has 3 heterocycles. The average molecular weight is 500 g/mol. The van der Waals surface area contributed by atoms with Crippen LogP contribution in [0.3, 0.4) is 0 Å². The number of imide groups is 1. The summed E-state index contributed by atoms with van der Waals surface area (Å²) in [5.74, 6) is -1.51. The third kappa shape index (κ3) is 3.61. The Bertz CT molecular complexity index is 1270. The summed E-state index contributed by atoms with van der Waals surface area (Å²) >= 11 is 0. The molecule has 0 spiro atoms. The minimum absolute atomic E-state index is 0.196. The molecule has 188 valence electrons. The van der Waals surface area contributed by atoms with Gasteiger partial charge < -0.3 is 14.2 Å². The van der Waals surface area contributed by atoms with Gasteiger partial charge in [0, 0.05) is 6.42 Å². The van der Waals surface area contributed by atoms with Crippen LogP contribution in [0.15, 0.2) is 42.5 Å². The number of nitriles is 1. The molecule has 3 aliphatic rings. The van der Waals surface area contributed by atoms with Crippen molar-refractivity contribution in [3.63, 3.8) is 0 Å². The number of ether oxygens (including phenoxy) is 3. The van der Waals surface area contributed by atoms with Crippen LogP contribution in [0, 0.1) is 23.2 Å². The summed E-state index contributed by atoms with van der Waals surface area (Å²) in [5.41, 5.74) is -3.81. The smallest absolute Gasteiger partial charge is 0.417 e. The fourth-order valence-electron chi connectivity index (χ4n) is 5.88. The normalized spacial score (nSPS) is 28.8. The Morgan fingerprint density at radius 2 is 1.75 bits per heavy atom. The Morgan fingerprint density at radius 3 is 2.39 bits per heavy atom. The van der Waals surface area contributed by atoms with Crippen LogP contribution in [0.1, 0.15) is 37.3 Å². The summed E-state index contributed by atoms with van der Waals surface area (Å²) in [6.07, 6.45) is -3.39. The Kier molecular flexibility index (Phi) is 5.52. The topological polar surface area (TPSA) is 88.9 Å². The highest BCUT2D eigenvalue weighted by Gasteiger charge is 2.73. The molecule has 36 heavy (non-hydrogen) atoms. The molecule has 2 aromatic rings. The lowest BCUT2D eigenvalue weighted by atomic mass is 9.67. The quantitative estimate of drug-likeness (QED) is 0.544. The molecular formula is C26H23F3N2O5. The maximum absolute atomic E-state index is 13.6.